The first-order chi connectivity index (χ1) is 4.70. The van der Waals surface area contributed by atoms with E-state index in [0.29, 0.717) is 0 Å². The molecule has 3 nitrogen and oxygen atoms in total. The average Bonchev–Trinajstić information content (AvgIpc) is 1.99. The van der Waals surface area contributed by atoms with Crippen molar-refractivity contribution in [2.75, 3.05) is 13.7 Å². The molecular formula is C6H8O3S. The minimum Gasteiger partial charge on any atom is -0.472 e. The van der Waals surface area contributed by atoms with Crippen LogP contribution in [-0.4, -0.2) is 24.7 Å². The van der Waals surface area contributed by atoms with Crippen LogP contribution in [0.2, 0.25) is 0 Å². The highest BCUT2D eigenvalue weighted by atomic mass is 32.1. The molecule has 0 atom stereocenters. The molecule has 0 aromatic heterocycles. The van der Waals surface area contributed by atoms with Gasteiger partial charge in [-0.2, -0.15) is 0 Å². The van der Waals surface area contributed by atoms with E-state index in [2.05, 4.69) is 28.3 Å². The summed E-state index contributed by atoms with van der Waals surface area (Å²) in [7, 11) is 1.28. The summed E-state index contributed by atoms with van der Waals surface area (Å²) in [6.07, 6.45) is 1.35. The van der Waals surface area contributed by atoms with E-state index in [-0.39, 0.29) is 11.7 Å². The molecule has 0 aliphatic heterocycles. The Bertz CT molecular complexity index is 153. The first-order valence-electron chi connectivity index (χ1n) is 2.56. The van der Waals surface area contributed by atoms with E-state index >= 15 is 0 Å². The molecule has 56 valence electrons. The van der Waals surface area contributed by atoms with E-state index in [9.17, 15) is 4.79 Å². The van der Waals surface area contributed by atoms with Crippen LogP contribution in [0.5, 0.6) is 0 Å². The number of thiocarbonyl (C=S) groups is 1. The van der Waals surface area contributed by atoms with Gasteiger partial charge in [-0.1, -0.05) is 6.58 Å². The van der Waals surface area contributed by atoms with Gasteiger partial charge in [0.25, 0.3) is 0 Å². The van der Waals surface area contributed by atoms with Gasteiger partial charge >= 0.3 is 5.97 Å². The standard InChI is InChI=1S/C6H8O3S/c1-3-6(10)9-4-5(7)8-2/h3H,1,4H2,2H3. The van der Waals surface area contributed by atoms with Crippen LogP contribution in [0.4, 0.5) is 0 Å². The topological polar surface area (TPSA) is 35.5 Å². The van der Waals surface area contributed by atoms with Crippen molar-refractivity contribution in [1.29, 1.82) is 0 Å². The van der Waals surface area contributed by atoms with Gasteiger partial charge in [0.2, 0.25) is 0 Å². The second-order valence-corrected chi connectivity index (χ2v) is 1.79. The van der Waals surface area contributed by atoms with Crippen LogP contribution in [-0.2, 0) is 14.3 Å². The Morgan fingerprint density at radius 2 is 2.40 bits per heavy atom. The van der Waals surface area contributed by atoms with Gasteiger partial charge < -0.3 is 9.47 Å². The molecule has 0 aromatic rings. The van der Waals surface area contributed by atoms with E-state index in [0.717, 1.165) is 0 Å². The Balaban J connectivity index is 3.44. The fraction of sp³-hybridized carbons (Fsp3) is 0.333. The van der Waals surface area contributed by atoms with Crippen molar-refractivity contribution in [2.45, 2.75) is 0 Å². The smallest absolute Gasteiger partial charge is 0.343 e. The summed E-state index contributed by atoms with van der Waals surface area (Å²) >= 11 is 4.57. The molecule has 0 fully saturated rings. The number of esters is 1. The highest BCUT2D eigenvalue weighted by Crippen LogP contribution is 1.84. The molecule has 0 heterocycles. The molecule has 0 unspecified atom stereocenters. The Labute approximate surface area is 64.6 Å². The minimum absolute atomic E-state index is 0.151. The lowest BCUT2D eigenvalue weighted by Gasteiger charge is -2.00. The van der Waals surface area contributed by atoms with Crippen molar-refractivity contribution in [3.63, 3.8) is 0 Å². The summed E-state index contributed by atoms with van der Waals surface area (Å²) in [4.78, 5) is 10.4. The minimum atomic E-state index is -0.454. The third-order valence-corrected chi connectivity index (χ3v) is 1.01. The molecule has 0 aliphatic rings. The van der Waals surface area contributed by atoms with E-state index in [1.807, 2.05) is 0 Å². The largest absolute Gasteiger partial charge is 0.472 e. The van der Waals surface area contributed by atoms with Gasteiger partial charge in [0.15, 0.2) is 11.7 Å². The number of hydrogen-bond acceptors (Lipinski definition) is 4. The SMILES string of the molecule is C=CC(=S)OCC(=O)OC. The second kappa shape index (κ2) is 4.93. The maximum atomic E-state index is 10.4. The lowest BCUT2D eigenvalue weighted by atomic mass is 10.6. The molecular weight excluding hydrogens is 152 g/mol. The predicted molar refractivity (Wildman–Crippen MR) is 40.8 cm³/mol. The molecule has 0 rings (SSSR count). The van der Waals surface area contributed by atoms with Crippen molar-refractivity contribution in [3.05, 3.63) is 12.7 Å². The molecule has 0 aromatic carbocycles. The molecule has 10 heavy (non-hydrogen) atoms. The number of methoxy groups -OCH3 is 1. The fourth-order valence-electron chi connectivity index (χ4n) is 0.248. The predicted octanol–water partition coefficient (Wildman–Crippen LogP) is 0.689. The average molecular weight is 160 g/mol. The van der Waals surface area contributed by atoms with Gasteiger partial charge in [0.05, 0.1) is 7.11 Å². The quantitative estimate of drug-likeness (QED) is 0.345. The summed E-state index contributed by atoms with van der Waals surface area (Å²) in [6.45, 7) is 3.19. The number of hydrogen-bond donors (Lipinski definition) is 0. The van der Waals surface area contributed by atoms with Gasteiger partial charge in [0, 0.05) is 0 Å². The number of carbonyl (C=O) groups excluding carboxylic acids is 1. The monoisotopic (exact) mass is 160 g/mol. The Morgan fingerprint density at radius 1 is 1.80 bits per heavy atom. The zero-order valence-corrected chi connectivity index (χ0v) is 6.44. The zero-order chi connectivity index (χ0) is 7.98. The fourth-order valence-corrected chi connectivity index (χ4v) is 0.307. The second-order valence-electron chi connectivity index (χ2n) is 1.39. The molecule has 0 saturated carbocycles. The molecule has 0 N–H and O–H groups in total. The van der Waals surface area contributed by atoms with E-state index in [1.54, 1.807) is 0 Å². The van der Waals surface area contributed by atoms with E-state index in [1.165, 1.54) is 13.2 Å². The normalized spacial score (nSPS) is 8.10. The first kappa shape index (κ1) is 9.10. The van der Waals surface area contributed by atoms with Crippen LogP contribution in [0.15, 0.2) is 12.7 Å². The lowest BCUT2D eigenvalue weighted by Crippen LogP contribution is -2.12. The van der Waals surface area contributed by atoms with E-state index in [4.69, 9.17) is 0 Å². The van der Waals surface area contributed by atoms with Crippen LogP contribution in [0.3, 0.4) is 0 Å². The van der Waals surface area contributed by atoms with Crippen molar-refractivity contribution >= 4 is 23.2 Å². The van der Waals surface area contributed by atoms with E-state index < -0.39 is 5.97 Å². The van der Waals surface area contributed by atoms with Crippen molar-refractivity contribution < 1.29 is 14.3 Å². The lowest BCUT2D eigenvalue weighted by molar-refractivity contribution is -0.143. The Hall–Kier alpha value is -0.900. The third-order valence-electron chi connectivity index (χ3n) is 0.727. The summed E-state index contributed by atoms with van der Waals surface area (Å²) in [5.74, 6) is -0.454. The van der Waals surface area contributed by atoms with Crippen molar-refractivity contribution in [1.82, 2.24) is 0 Å². The maximum absolute atomic E-state index is 10.4. The van der Waals surface area contributed by atoms with Crippen LogP contribution in [0, 0.1) is 0 Å². The van der Waals surface area contributed by atoms with Gasteiger partial charge in [-0.05, 0) is 18.3 Å². The highest BCUT2D eigenvalue weighted by molar-refractivity contribution is 7.80. The molecule has 0 saturated heterocycles. The highest BCUT2D eigenvalue weighted by Gasteiger charge is 1.99. The molecule has 0 spiro atoms. The molecule has 4 heteroatoms. The zero-order valence-electron chi connectivity index (χ0n) is 5.62. The number of ether oxygens (including phenoxy) is 2. The summed E-state index contributed by atoms with van der Waals surface area (Å²) in [6, 6.07) is 0. The Kier molecular flexibility index (Phi) is 4.49. The first-order valence-corrected chi connectivity index (χ1v) is 2.97. The summed E-state index contributed by atoms with van der Waals surface area (Å²) in [5, 5.41) is 0.199. The molecule has 0 bridgehead atoms. The number of carbonyl (C=O) groups is 1. The van der Waals surface area contributed by atoms with Crippen molar-refractivity contribution in [3.8, 4) is 0 Å². The van der Waals surface area contributed by atoms with Gasteiger partial charge in [-0.25, -0.2) is 4.79 Å². The Morgan fingerprint density at radius 3 is 2.80 bits per heavy atom. The molecule has 0 amide bonds. The van der Waals surface area contributed by atoms with Gasteiger partial charge in [-0.15, -0.1) is 0 Å². The van der Waals surface area contributed by atoms with Crippen LogP contribution < -0.4 is 0 Å². The van der Waals surface area contributed by atoms with Crippen LogP contribution >= 0.6 is 12.2 Å². The maximum Gasteiger partial charge on any atom is 0.343 e. The van der Waals surface area contributed by atoms with Crippen LogP contribution in [0.25, 0.3) is 0 Å². The van der Waals surface area contributed by atoms with Crippen LogP contribution in [0.1, 0.15) is 0 Å². The third kappa shape index (κ3) is 4.03. The molecule has 0 aliphatic carbocycles. The summed E-state index contributed by atoms with van der Waals surface area (Å²) < 4.78 is 8.97. The number of rotatable bonds is 3. The van der Waals surface area contributed by atoms with Gasteiger partial charge in [0.1, 0.15) is 0 Å². The summed E-state index contributed by atoms with van der Waals surface area (Å²) in [5.41, 5.74) is 0. The van der Waals surface area contributed by atoms with Crippen molar-refractivity contribution in [2.24, 2.45) is 0 Å². The molecule has 0 radical (unpaired) electrons. The van der Waals surface area contributed by atoms with Gasteiger partial charge in [-0.3, -0.25) is 0 Å².